The molecule has 0 bridgehead atoms. The van der Waals surface area contributed by atoms with Crippen molar-refractivity contribution in [3.63, 3.8) is 0 Å². The lowest BCUT2D eigenvalue weighted by Crippen LogP contribution is -2.40. The third-order valence-corrected chi connectivity index (χ3v) is 4.79. The average Bonchev–Trinajstić information content (AvgIpc) is 3.34. The van der Waals surface area contributed by atoms with E-state index in [0.29, 0.717) is 25.4 Å². The highest BCUT2D eigenvalue weighted by atomic mass is 16.5. The van der Waals surface area contributed by atoms with Gasteiger partial charge in [0.2, 0.25) is 0 Å². The maximum Gasteiger partial charge on any atom is 0.272 e. The molecule has 4 rings (SSSR count). The van der Waals surface area contributed by atoms with E-state index in [1.807, 2.05) is 11.1 Å². The van der Waals surface area contributed by atoms with Crippen LogP contribution >= 0.6 is 0 Å². The second-order valence-electron chi connectivity index (χ2n) is 6.60. The Hall–Kier alpha value is -2.28. The van der Waals surface area contributed by atoms with Crippen LogP contribution in [0, 0.1) is 5.92 Å². The van der Waals surface area contributed by atoms with Crippen molar-refractivity contribution in [3.05, 3.63) is 41.7 Å². The third-order valence-electron chi connectivity index (χ3n) is 4.79. The number of carbonyl (C=O) groups excluding carboxylic acids is 1. The third kappa shape index (κ3) is 2.91. The van der Waals surface area contributed by atoms with Crippen LogP contribution in [0.4, 0.5) is 0 Å². The number of hydrogen-bond acceptors (Lipinski definition) is 5. The molecule has 3 heterocycles. The summed E-state index contributed by atoms with van der Waals surface area (Å²) < 4.78 is 7.45. The first-order chi connectivity index (χ1) is 11.8. The van der Waals surface area contributed by atoms with Crippen LogP contribution < -0.4 is 0 Å². The lowest BCUT2D eigenvalue weighted by molar-refractivity contribution is 0.0668. The summed E-state index contributed by atoms with van der Waals surface area (Å²) in [5, 5.41) is 4.57. The highest BCUT2D eigenvalue weighted by Crippen LogP contribution is 2.34. The summed E-state index contributed by atoms with van der Waals surface area (Å²) >= 11 is 0. The number of carbonyl (C=O) groups is 1. The van der Waals surface area contributed by atoms with Gasteiger partial charge in [-0.15, -0.1) is 0 Å². The molecule has 2 aromatic heterocycles. The molecule has 0 N–H and O–H groups in total. The summed E-state index contributed by atoms with van der Waals surface area (Å²) in [6, 6.07) is 1.66. The Morgan fingerprint density at radius 3 is 3.00 bits per heavy atom. The average molecular weight is 327 g/mol. The standard InChI is InChI=1S/C17H21N5O2/c1-24-10-13-8-21(17(23)15-4-5-18-11-19-15)9-16-14(13)6-20-22(16)7-12-2-3-12/h4-6,11-13H,2-3,7-10H2,1H3. The van der Waals surface area contributed by atoms with Gasteiger partial charge in [-0.25, -0.2) is 9.97 Å². The SMILES string of the molecule is COCC1CN(C(=O)c2ccncn2)Cc2c1cnn2CC1CC1. The van der Waals surface area contributed by atoms with Crippen LogP contribution in [0.15, 0.2) is 24.8 Å². The molecule has 2 aromatic rings. The Morgan fingerprint density at radius 1 is 1.42 bits per heavy atom. The summed E-state index contributed by atoms with van der Waals surface area (Å²) in [7, 11) is 1.69. The Kier molecular flexibility index (Phi) is 4.02. The minimum Gasteiger partial charge on any atom is -0.384 e. The van der Waals surface area contributed by atoms with Gasteiger partial charge in [-0.3, -0.25) is 9.48 Å². The van der Waals surface area contributed by atoms with Gasteiger partial charge in [-0.1, -0.05) is 0 Å². The monoisotopic (exact) mass is 327 g/mol. The highest BCUT2D eigenvalue weighted by Gasteiger charge is 2.33. The van der Waals surface area contributed by atoms with Crippen molar-refractivity contribution in [2.24, 2.45) is 5.92 Å². The van der Waals surface area contributed by atoms with Gasteiger partial charge >= 0.3 is 0 Å². The quantitative estimate of drug-likeness (QED) is 0.831. The van der Waals surface area contributed by atoms with Crippen LogP contribution in [-0.2, 0) is 17.8 Å². The molecule has 7 nitrogen and oxygen atoms in total. The van der Waals surface area contributed by atoms with E-state index in [-0.39, 0.29) is 11.8 Å². The van der Waals surface area contributed by atoms with Gasteiger partial charge in [0.1, 0.15) is 12.0 Å². The van der Waals surface area contributed by atoms with Gasteiger partial charge < -0.3 is 9.64 Å². The van der Waals surface area contributed by atoms with E-state index >= 15 is 0 Å². The van der Waals surface area contributed by atoms with E-state index in [2.05, 4.69) is 19.7 Å². The number of hydrogen-bond donors (Lipinski definition) is 0. The van der Waals surface area contributed by atoms with Crippen molar-refractivity contribution in [2.45, 2.75) is 31.8 Å². The van der Waals surface area contributed by atoms with E-state index in [9.17, 15) is 4.79 Å². The Bertz CT molecular complexity index is 726. The number of methoxy groups -OCH3 is 1. The first-order valence-electron chi connectivity index (χ1n) is 8.35. The van der Waals surface area contributed by atoms with Crippen molar-refractivity contribution in [1.82, 2.24) is 24.6 Å². The summed E-state index contributed by atoms with van der Waals surface area (Å²) in [4.78, 5) is 22.6. The first kappa shape index (κ1) is 15.3. The number of rotatable bonds is 5. The number of nitrogens with zero attached hydrogens (tertiary/aromatic N) is 5. The predicted molar refractivity (Wildman–Crippen MR) is 86.3 cm³/mol. The van der Waals surface area contributed by atoms with Crippen LogP contribution in [-0.4, -0.2) is 50.8 Å². The van der Waals surface area contributed by atoms with Crippen LogP contribution in [0.1, 0.15) is 40.5 Å². The minimum absolute atomic E-state index is 0.0664. The Morgan fingerprint density at radius 2 is 2.29 bits per heavy atom. The van der Waals surface area contributed by atoms with Crippen molar-refractivity contribution in [2.75, 3.05) is 20.3 Å². The topological polar surface area (TPSA) is 73.1 Å². The minimum atomic E-state index is -0.0664. The van der Waals surface area contributed by atoms with Crippen LogP contribution in [0.25, 0.3) is 0 Å². The summed E-state index contributed by atoms with van der Waals surface area (Å²) in [5.74, 6) is 0.823. The van der Waals surface area contributed by atoms with E-state index < -0.39 is 0 Å². The zero-order valence-electron chi connectivity index (χ0n) is 13.8. The fourth-order valence-electron chi connectivity index (χ4n) is 3.33. The number of amides is 1. The lowest BCUT2D eigenvalue weighted by atomic mass is 9.95. The van der Waals surface area contributed by atoms with Crippen molar-refractivity contribution >= 4 is 5.91 Å². The highest BCUT2D eigenvalue weighted by molar-refractivity contribution is 5.92. The largest absolute Gasteiger partial charge is 0.384 e. The predicted octanol–water partition coefficient (Wildman–Crippen LogP) is 1.47. The van der Waals surface area contributed by atoms with Gasteiger partial charge in [0.25, 0.3) is 5.91 Å². The smallest absolute Gasteiger partial charge is 0.272 e. The second kappa shape index (κ2) is 6.32. The molecule has 1 atom stereocenters. The van der Waals surface area contributed by atoms with Crippen LogP contribution in [0.2, 0.25) is 0 Å². The van der Waals surface area contributed by atoms with Crippen LogP contribution in [0.5, 0.6) is 0 Å². The van der Waals surface area contributed by atoms with Crippen molar-refractivity contribution in [3.8, 4) is 0 Å². The number of fused-ring (bicyclic) bond motifs is 1. The molecule has 0 spiro atoms. The molecule has 1 aliphatic heterocycles. The van der Waals surface area contributed by atoms with E-state index in [0.717, 1.165) is 18.2 Å². The summed E-state index contributed by atoms with van der Waals surface area (Å²) in [5.41, 5.74) is 2.78. The molecule has 1 saturated carbocycles. The van der Waals surface area contributed by atoms with Crippen molar-refractivity contribution < 1.29 is 9.53 Å². The first-order valence-corrected chi connectivity index (χ1v) is 8.35. The molecular weight excluding hydrogens is 306 g/mol. The fraction of sp³-hybridized carbons (Fsp3) is 0.529. The van der Waals surface area contributed by atoms with E-state index in [1.165, 1.54) is 24.7 Å². The van der Waals surface area contributed by atoms with E-state index in [4.69, 9.17) is 4.74 Å². The van der Waals surface area contributed by atoms with Gasteiger partial charge in [-0.2, -0.15) is 5.10 Å². The Balaban J connectivity index is 1.62. The fourth-order valence-corrected chi connectivity index (χ4v) is 3.33. The molecule has 0 radical (unpaired) electrons. The molecule has 1 amide bonds. The summed E-state index contributed by atoms with van der Waals surface area (Å²) in [6.45, 7) is 2.73. The molecule has 24 heavy (non-hydrogen) atoms. The Labute approximate surface area is 140 Å². The second-order valence-corrected chi connectivity index (χ2v) is 6.60. The molecule has 0 aromatic carbocycles. The zero-order valence-corrected chi connectivity index (χ0v) is 13.8. The van der Waals surface area contributed by atoms with Crippen LogP contribution in [0.3, 0.4) is 0 Å². The maximum absolute atomic E-state index is 12.8. The molecule has 7 heteroatoms. The van der Waals surface area contributed by atoms with Gasteiger partial charge in [-0.05, 0) is 24.8 Å². The van der Waals surface area contributed by atoms with Gasteiger partial charge in [0.15, 0.2) is 0 Å². The molecule has 0 saturated heterocycles. The normalized spacial score (nSPS) is 20.0. The van der Waals surface area contributed by atoms with Gasteiger partial charge in [0, 0.05) is 37.9 Å². The molecular formula is C17H21N5O2. The molecule has 1 fully saturated rings. The molecule has 2 aliphatic rings. The van der Waals surface area contributed by atoms with E-state index in [1.54, 1.807) is 19.4 Å². The van der Waals surface area contributed by atoms with Gasteiger partial charge in [0.05, 0.1) is 25.0 Å². The number of ether oxygens (including phenoxy) is 1. The molecule has 1 aliphatic carbocycles. The molecule has 1 unspecified atom stereocenters. The molecule has 126 valence electrons. The maximum atomic E-state index is 12.8. The van der Waals surface area contributed by atoms with Crippen molar-refractivity contribution in [1.29, 1.82) is 0 Å². The number of aromatic nitrogens is 4. The zero-order chi connectivity index (χ0) is 16.5. The summed E-state index contributed by atoms with van der Waals surface area (Å²) in [6.07, 6.45) is 7.51. The lowest BCUT2D eigenvalue weighted by Gasteiger charge is -2.32.